The Morgan fingerprint density at radius 2 is 1.38 bits per heavy atom. The van der Waals surface area contributed by atoms with Gasteiger partial charge in [0.2, 0.25) is 0 Å². The average Bonchev–Trinajstić information content (AvgIpc) is 2.87. The van der Waals surface area contributed by atoms with Gasteiger partial charge in [0.25, 0.3) is 5.91 Å². The minimum Gasteiger partial charge on any atom is -0.392 e. The Hall–Kier alpha value is -3.15. The van der Waals surface area contributed by atoms with Gasteiger partial charge in [-0.25, -0.2) is 0 Å². The molecule has 1 aliphatic heterocycles. The van der Waals surface area contributed by atoms with Crippen molar-refractivity contribution >= 4 is 29.2 Å². The Labute approximate surface area is 169 Å². The van der Waals surface area contributed by atoms with E-state index in [0.717, 1.165) is 11.4 Å². The third-order valence-electron chi connectivity index (χ3n) is 7.06. The molecule has 2 aromatic carbocycles. The molecular formula is C23H24N2O4. The highest BCUT2D eigenvalue weighted by molar-refractivity contribution is 6.11. The summed E-state index contributed by atoms with van der Waals surface area (Å²) in [7, 11) is 0. The number of fused-ring (bicyclic) bond motifs is 2. The number of carbonyl (C=O) groups excluding carboxylic acids is 3. The van der Waals surface area contributed by atoms with Crippen LogP contribution in [0.5, 0.6) is 0 Å². The van der Waals surface area contributed by atoms with E-state index in [2.05, 4.69) is 5.43 Å². The number of nitrogens with one attached hydrogen (secondary N) is 1. The highest BCUT2D eigenvalue weighted by Gasteiger charge is 2.75. The maximum absolute atomic E-state index is 13.6. The molecule has 2 aromatic rings. The summed E-state index contributed by atoms with van der Waals surface area (Å²) in [5.41, 5.74) is 1.24. The van der Waals surface area contributed by atoms with Crippen LogP contribution >= 0.6 is 0 Å². The smallest absolute Gasteiger partial charge is 0.329 e. The fraction of sp³-hybridized carbons (Fsp3) is 0.348. The van der Waals surface area contributed by atoms with Gasteiger partial charge in [0.1, 0.15) is 0 Å². The van der Waals surface area contributed by atoms with E-state index in [1.54, 1.807) is 11.9 Å². The molecule has 2 atom stereocenters. The van der Waals surface area contributed by atoms with E-state index in [1.165, 1.54) is 0 Å². The van der Waals surface area contributed by atoms with Crippen LogP contribution in [0.2, 0.25) is 0 Å². The zero-order valence-corrected chi connectivity index (χ0v) is 16.8. The van der Waals surface area contributed by atoms with Crippen molar-refractivity contribution in [3.8, 4) is 0 Å². The second kappa shape index (κ2) is 6.44. The predicted octanol–water partition coefficient (Wildman–Crippen LogP) is 3.75. The molecule has 1 amide bonds. The van der Waals surface area contributed by atoms with Gasteiger partial charge in [-0.15, -0.1) is 0 Å². The number of esters is 2. The summed E-state index contributed by atoms with van der Waals surface area (Å²) in [6.07, 6.45) is 0.693. The quantitative estimate of drug-likeness (QED) is 0.487. The number of amides is 1. The van der Waals surface area contributed by atoms with Crippen molar-refractivity contribution < 1.29 is 19.1 Å². The second-order valence-electron chi connectivity index (χ2n) is 8.49. The molecule has 1 saturated carbocycles. The van der Waals surface area contributed by atoms with Gasteiger partial charge in [-0.05, 0) is 44.0 Å². The highest BCUT2D eigenvalue weighted by Crippen LogP contribution is 2.66. The molecule has 2 fully saturated rings. The van der Waals surface area contributed by atoms with Gasteiger partial charge >= 0.3 is 11.9 Å². The minimum atomic E-state index is -1.43. The average molecular weight is 392 g/mol. The lowest BCUT2D eigenvalue weighted by atomic mass is 9.57. The molecule has 29 heavy (non-hydrogen) atoms. The van der Waals surface area contributed by atoms with E-state index in [0.29, 0.717) is 6.42 Å². The molecule has 6 heteroatoms. The molecule has 1 heterocycles. The minimum absolute atomic E-state index is 0.268. The zero-order chi connectivity index (χ0) is 20.9. The van der Waals surface area contributed by atoms with Crippen LogP contribution in [-0.2, 0) is 19.1 Å². The lowest BCUT2D eigenvalue weighted by Gasteiger charge is -2.48. The number of carbonyl (C=O) groups is 3. The molecule has 2 unspecified atom stereocenters. The SMILES string of the molecule is CC12CCC(C(=O)NN(c3ccccc3)c3ccccc3)(C(=O)OC1=O)C2(C)C. The van der Waals surface area contributed by atoms with Gasteiger partial charge in [-0.2, -0.15) is 0 Å². The molecule has 0 radical (unpaired) electrons. The molecule has 1 aliphatic carbocycles. The van der Waals surface area contributed by atoms with Crippen LogP contribution in [0.15, 0.2) is 60.7 Å². The molecule has 1 N–H and O–H groups in total. The van der Waals surface area contributed by atoms with E-state index < -0.39 is 34.1 Å². The van der Waals surface area contributed by atoms with Crippen LogP contribution in [0.4, 0.5) is 11.4 Å². The number of cyclic esters (lactones) is 2. The van der Waals surface area contributed by atoms with Crippen LogP contribution in [-0.4, -0.2) is 17.8 Å². The van der Waals surface area contributed by atoms with Crippen LogP contribution in [0, 0.1) is 16.2 Å². The molecule has 2 aliphatic rings. The van der Waals surface area contributed by atoms with Gasteiger partial charge in [0, 0.05) is 5.41 Å². The lowest BCUT2D eigenvalue weighted by molar-refractivity contribution is -0.196. The Bertz CT molecular complexity index is 933. The second-order valence-corrected chi connectivity index (χ2v) is 8.49. The number of anilines is 2. The topological polar surface area (TPSA) is 75.7 Å². The van der Waals surface area contributed by atoms with Crippen molar-refractivity contribution in [3.05, 3.63) is 60.7 Å². The van der Waals surface area contributed by atoms with Gasteiger partial charge < -0.3 is 4.74 Å². The largest absolute Gasteiger partial charge is 0.392 e. The Morgan fingerprint density at radius 1 is 0.862 bits per heavy atom. The Kier molecular flexibility index (Phi) is 4.26. The maximum atomic E-state index is 13.6. The summed E-state index contributed by atoms with van der Waals surface area (Å²) in [4.78, 5) is 39.0. The molecule has 150 valence electrons. The maximum Gasteiger partial charge on any atom is 0.329 e. The Balaban J connectivity index is 1.75. The molecule has 4 rings (SSSR count). The Morgan fingerprint density at radius 3 is 1.90 bits per heavy atom. The molecule has 1 saturated heterocycles. The van der Waals surface area contributed by atoms with E-state index in [-0.39, 0.29) is 6.42 Å². The first-order valence-electron chi connectivity index (χ1n) is 9.72. The summed E-state index contributed by atoms with van der Waals surface area (Å²) < 4.78 is 5.07. The van der Waals surface area contributed by atoms with E-state index in [4.69, 9.17) is 4.74 Å². The van der Waals surface area contributed by atoms with Crippen molar-refractivity contribution in [2.24, 2.45) is 16.2 Å². The van der Waals surface area contributed by atoms with Crippen molar-refractivity contribution in [3.63, 3.8) is 0 Å². The van der Waals surface area contributed by atoms with Crippen molar-refractivity contribution in [1.82, 2.24) is 5.43 Å². The molecule has 2 bridgehead atoms. The fourth-order valence-electron chi connectivity index (χ4n) is 4.65. The first kappa shape index (κ1) is 19.2. The normalized spacial score (nSPS) is 27.3. The molecule has 6 nitrogen and oxygen atoms in total. The number of hydrogen-bond acceptors (Lipinski definition) is 5. The zero-order valence-electron chi connectivity index (χ0n) is 16.8. The monoisotopic (exact) mass is 392 g/mol. The van der Waals surface area contributed by atoms with Crippen LogP contribution in [0.25, 0.3) is 0 Å². The highest BCUT2D eigenvalue weighted by atomic mass is 16.6. The first-order chi connectivity index (χ1) is 13.7. The number of hydrogen-bond donors (Lipinski definition) is 1. The number of benzene rings is 2. The lowest BCUT2D eigenvalue weighted by Crippen LogP contribution is -2.63. The molecule has 0 spiro atoms. The number of nitrogens with zero attached hydrogens (tertiary/aromatic N) is 1. The number of para-hydroxylation sites is 2. The van der Waals surface area contributed by atoms with E-state index in [1.807, 2.05) is 74.5 Å². The van der Waals surface area contributed by atoms with Gasteiger partial charge in [0.05, 0.1) is 16.8 Å². The predicted molar refractivity (Wildman–Crippen MR) is 108 cm³/mol. The molecule has 0 aromatic heterocycles. The third kappa shape index (κ3) is 2.51. The number of ether oxygens (including phenoxy) is 1. The van der Waals surface area contributed by atoms with Crippen molar-refractivity contribution in [2.75, 3.05) is 5.01 Å². The van der Waals surface area contributed by atoms with Gasteiger partial charge in [-0.1, -0.05) is 50.2 Å². The first-order valence-corrected chi connectivity index (χ1v) is 9.72. The molecular weight excluding hydrogens is 368 g/mol. The summed E-state index contributed by atoms with van der Waals surface area (Å²) in [6.45, 7) is 5.41. The summed E-state index contributed by atoms with van der Waals surface area (Å²) in [5.74, 6) is -1.77. The summed E-state index contributed by atoms with van der Waals surface area (Å²) >= 11 is 0. The number of hydrazine groups is 1. The van der Waals surface area contributed by atoms with Crippen molar-refractivity contribution in [1.29, 1.82) is 0 Å². The third-order valence-corrected chi connectivity index (χ3v) is 7.06. The van der Waals surface area contributed by atoms with E-state index in [9.17, 15) is 14.4 Å². The van der Waals surface area contributed by atoms with Crippen LogP contribution in [0.1, 0.15) is 33.6 Å². The standard InChI is InChI=1S/C23H24N2O4/c1-21(2)22(3)14-15-23(21,20(28)29-19(22)27)18(26)24-25(16-10-6-4-7-11-16)17-12-8-5-9-13-17/h4-13H,14-15H2,1-3H3,(H,24,26). The summed E-state index contributed by atoms with van der Waals surface area (Å²) in [5, 5.41) is 1.66. The van der Waals surface area contributed by atoms with E-state index >= 15 is 0 Å². The van der Waals surface area contributed by atoms with Crippen LogP contribution < -0.4 is 10.4 Å². The fourth-order valence-corrected chi connectivity index (χ4v) is 4.65. The summed E-state index contributed by atoms with van der Waals surface area (Å²) in [6, 6.07) is 18.8. The van der Waals surface area contributed by atoms with Crippen molar-refractivity contribution in [2.45, 2.75) is 33.6 Å². The van der Waals surface area contributed by atoms with Gasteiger partial charge in [0.15, 0.2) is 5.41 Å². The number of rotatable bonds is 4. The van der Waals surface area contributed by atoms with Gasteiger partial charge in [-0.3, -0.25) is 24.8 Å². The van der Waals surface area contributed by atoms with Crippen LogP contribution in [0.3, 0.4) is 0 Å².